The van der Waals surface area contributed by atoms with Gasteiger partial charge in [-0.25, -0.2) is 4.39 Å². The van der Waals surface area contributed by atoms with Crippen molar-refractivity contribution in [1.29, 1.82) is 0 Å². The van der Waals surface area contributed by atoms with E-state index in [4.69, 9.17) is 16.7 Å². The fraction of sp³-hybridized carbons (Fsp3) is 0.0625. The number of benzene rings is 2. The summed E-state index contributed by atoms with van der Waals surface area (Å²) in [6, 6.07) is 10.5. The van der Waals surface area contributed by atoms with Gasteiger partial charge >= 0.3 is 0 Å². The van der Waals surface area contributed by atoms with Crippen LogP contribution < -0.4 is 5.32 Å². The zero-order valence-electron chi connectivity index (χ0n) is 10.9. The van der Waals surface area contributed by atoms with Gasteiger partial charge in [0, 0.05) is 16.8 Å². The highest BCUT2D eigenvalue weighted by atomic mass is 35.5. The number of halogens is 2. The molecule has 2 rings (SSSR count). The summed E-state index contributed by atoms with van der Waals surface area (Å²) in [6.45, 7) is -0.215. The first kappa shape index (κ1) is 15.0. The van der Waals surface area contributed by atoms with Gasteiger partial charge in [0.25, 0.3) is 5.91 Å². The second-order valence-corrected chi connectivity index (χ2v) is 4.53. The van der Waals surface area contributed by atoms with Crippen LogP contribution in [0.1, 0.15) is 15.9 Å². The number of amides is 1. The fourth-order valence-corrected chi connectivity index (χ4v) is 1.80. The maximum Gasteiger partial charge on any atom is 0.255 e. The molecule has 0 saturated heterocycles. The number of hydrogen-bond acceptors (Lipinski definition) is 2. The number of hydrogen-bond donors (Lipinski definition) is 2. The Kier molecular flexibility index (Phi) is 4.94. The molecule has 0 radical (unpaired) electrons. The molecule has 2 aromatic rings. The Morgan fingerprint density at radius 2 is 1.95 bits per heavy atom. The summed E-state index contributed by atoms with van der Waals surface area (Å²) in [6.07, 6.45) is 0. The molecule has 2 aromatic carbocycles. The predicted octanol–water partition coefficient (Wildman–Crippen LogP) is 3.08. The summed E-state index contributed by atoms with van der Waals surface area (Å²) in [5, 5.41) is 11.2. The molecule has 0 fully saturated rings. The molecule has 0 unspecified atom stereocenters. The molecule has 0 spiro atoms. The molecule has 0 saturated carbocycles. The normalized spacial score (nSPS) is 9.67. The van der Waals surface area contributed by atoms with Gasteiger partial charge in [0.05, 0.1) is 5.02 Å². The minimum Gasteiger partial charge on any atom is -0.384 e. The van der Waals surface area contributed by atoms with Gasteiger partial charge in [-0.15, -0.1) is 0 Å². The summed E-state index contributed by atoms with van der Waals surface area (Å²) in [5.74, 6) is 4.38. The van der Waals surface area contributed by atoms with Crippen molar-refractivity contribution in [3.63, 3.8) is 0 Å². The number of nitrogens with one attached hydrogen (secondary N) is 1. The van der Waals surface area contributed by atoms with Crippen molar-refractivity contribution < 1.29 is 14.3 Å². The highest BCUT2D eigenvalue weighted by molar-refractivity contribution is 6.31. The van der Waals surface area contributed by atoms with Crippen molar-refractivity contribution in [2.45, 2.75) is 0 Å². The van der Waals surface area contributed by atoms with E-state index < -0.39 is 5.82 Å². The number of rotatable bonds is 2. The fourth-order valence-electron chi connectivity index (χ4n) is 1.62. The van der Waals surface area contributed by atoms with Crippen molar-refractivity contribution >= 4 is 23.2 Å². The third-order valence-corrected chi connectivity index (χ3v) is 2.93. The molecule has 1 amide bonds. The van der Waals surface area contributed by atoms with Crippen molar-refractivity contribution in [3.8, 4) is 11.8 Å². The lowest BCUT2D eigenvalue weighted by Crippen LogP contribution is -2.11. The molecule has 0 aliphatic carbocycles. The first-order valence-corrected chi connectivity index (χ1v) is 6.44. The van der Waals surface area contributed by atoms with Crippen molar-refractivity contribution in [2.75, 3.05) is 11.9 Å². The van der Waals surface area contributed by atoms with Gasteiger partial charge in [0.15, 0.2) is 0 Å². The Hall–Kier alpha value is -2.35. The Morgan fingerprint density at radius 3 is 2.57 bits per heavy atom. The summed E-state index contributed by atoms with van der Waals surface area (Å²) in [7, 11) is 0. The van der Waals surface area contributed by atoms with E-state index in [2.05, 4.69) is 17.2 Å². The van der Waals surface area contributed by atoms with E-state index in [1.807, 2.05) is 0 Å². The van der Waals surface area contributed by atoms with E-state index in [0.29, 0.717) is 16.8 Å². The number of aliphatic hydroxyl groups is 1. The van der Waals surface area contributed by atoms with Crippen LogP contribution >= 0.6 is 11.6 Å². The molecular weight excluding hydrogens is 293 g/mol. The van der Waals surface area contributed by atoms with Gasteiger partial charge in [-0.1, -0.05) is 23.4 Å². The predicted molar refractivity (Wildman–Crippen MR) is 79.8 cm³/mol. The number of anilines is 1. The van der Waals surface area contributed by atoms with Gasteiger partial charge in [0.2, 0.25) is 0 Å². The largest absolute Gasteiger partial charge is 0.384 e. The molecule has 0 aliphatic heterocycles. The van der Waals surface area contributed by atoms with Crippen molar-refractivity contribution in [2.24, 2.45) is 0 Å². The first-order chi connectivity index (χ1) is 10.1. The maximum atomic E-state index is 13.0. The topological polar surface area (TPSA) is 49.3 Å². The second kappa shape index (κ2) is 6.89. The minimum atomic E-state index is -0.540. The number of carbonyl (C=O) groups is 1. The lowest BCUT2D eigenvalue weighted by Gasteiger charge is -2.06. The Balaban J connectivity index is 2.11. The molecule has 106 valence electrons. The molecule has 0 atom stereocenters. The van der Waals surface area contributed by atoms with E-state index >= 15 is 0 Å². The molecule has 3 nitrogen and oxygen atoms in total. The third-order valence-electron chi connectivity index (χ3n) is 2.64. The molecule has 0 aliphatic rings. The van der Waals surface area contributed by atoms with Crippen LogP contribution in [0.5, 0.6) is 0 Å². The van der Waals surface area contributed by atoms with E-state index in [1.54, 1.807) is 24.3 Å². The standard InChI is InChI=1S/C16H11ClFNO2/c17-14-10-13(7-8-15(14)18)19-16(21)12-5-3-11(4-6-12)2-1-9-20/h3-8,10,20H,9H2,(H,19,21). The molecule has 0 aromatic heterocycles. The van der Waals surface area contributed by atoms with Crippen LogP contribution in [0.15, 0.2) is 42.5 Å². The van der Waals surface area contributed by atoms with E-state index in [9.17, 15) is 9.18 Å². The van der Waals surface area contributed by atoms with E-state index in [1.165, 1.54) is 18.2 Å². The van der Waals surface area contributed by atoms with Crippen LogP contribution in [0.25, 0.3) is 0 Å². The smallest absolute Gasteiger partial charge is 0.255 e. The Labute approximate surface area is 126 Å². The summed E-state index contributed by atoms with van der Waals surface area (Å²) >= 11 is 5.65. The molecule has 2 N–H and O–H groups in total. The van der Waals surface area contributed by atoms with Crippen LogP contribution in [0.3, 0.4) is 0 Å². The van der Waals surface area contributed by atoms with Gasteiger partial charge in [0.1, 0.15) is 12.4 Å². The quantitative estimate of drug-likeness (QED) is 0.838. The van der Waals surface area contributed by atoms with Crippen LogP contribution in [0, 0.1) is 17.7 Å². The van der Waals surface area contributed by atoms with E-state index in [-0.39, 0.29) is 17.5 Å². The van der Waals surface area contributed by atoms with Crippen LogP contribution in [0.2, 0.25) is 5.02 Å². The summed E-state index contributed by atoms with van der Waals surface area (Å²) < 4.78 is 13.0. The second-order valence-electron chi connectivity index (χ2n) is 4.12. The van der Waals surface area contributed by atoms with Crippen LogP contribution in [-0.4, -0.2) is 17.6 Å². The van der Waals surface area contributed by atoms with Crippen molar-refractivity contribution in [3.05, 3.63) is 64.4 Å². The zero-order chi connectivity index (χ0) is 15.2. The van der Waals surface area contributed by atoms with Gasteiger partial charge in [-0.05, 0) is 42.5 Å². The molecule has 21 heavy (non-hydrogen) atoms. The average molecular weight is 304 g/mol. The zero-order valence-corrected chi connectivity index (χ0v) is 11.6. The van der Waals surface area contributed by atoms with Gasteiger partial charge in [-0.2, -0.15) is 0 Å². The summed E-state index contributed by atoms with van der Waals surface area (Å²) in [5.41, 5.74) is 1.55. The molecular formula is C16H11ClFNO2. The average Bonchev–Trinajstić information content (AvgIpc) is 2.49. The number of aliphatic hydroxyl groups excluding tert-OH is 1. The minimum absolute atomic E-state index is 0.0533. The molecule has 0 bridgehead atoms. The lowest BCUT2D eigenvalue weighted by atomic mass is 10.1. The SMILES string of the molecule is O=C(Nc1ccc(F)c(Cl)c1)c1ccc(C#CCO)cc1. The molecule has 5 heteroatoms. The summed E-state index contributed by atoms with van der Waals surface area (Å²) in [4.78, 5) is 12.0. The first-order valence-electron chi connectivity index (χ1n) is 6.06. The Bertz CT molecular complexity index is 717. The molecule has 0 heterocycles. The number of carbonyl (C=O) groups excluding carboxylic acids is 1. The lowest BCUT2D eigenvalue weighted by molar-refractivity contribution is 0.102. The van der Waals surface area contributed by atoms with E-state index in [0.717, 1.165) is 0 Å². The maximum absolute atomic E-state index is 13.0. The third kappa shape index (κ3) is 4.06. The van der Waals surface area contributed by atoms with Crippen LogP contribution in [0.4, 0.5) is 10.1 Å². The van der Waals surface area contributed by atoms with Gasteiger partial charge in [-0.3, -0.25) is 4.79 Å². The highest BCUT2D eigenvalue weighted by Gasteiger charge is 2.07. The monoisotopic (exact) mass is 303 g/mol. The van der Waals surface area contributed by atoms with Gasteiger partial charge < -0.3 is 10.4 Å². The highest BCUT2D eigenvalue weighted by Crippen LogP contribution is 2.20. The Morgan fingerprint density at radius 1 is 1.24 bits per heavy atom. The van der Waals surface area contributed by atoms with Crippen molar-refractivity contribution in [1.82, 2.24) is 0 Å². The van der Waals surface area contributed by atoms with Crippen LogP contribution in [-0.2, 0) is 0 Å².